The van der Waals surface area contributed by atoms with Crippen molar-refractivity contribution in [2.24, 2.45) is 0 Å². The lowest BCUT2D eigenvalue weighted by atomic mass is 9.94. The Kier molecular flexibility index (Phi) is 6.94. The smallest absolute Gasteiger partial charge is 0.342 e. The summed E-state index contributed by atoms with van der Waals surface area (Å²) in [6.07, 6.45) is 6.52. The molecule has 26 heavy (non-hydrogen) atoms. The second kappa shape index (κ2) is 9.17. The highest BCUT2D eigenvalue weighted by Gasteiger charge is 2.22. The molecule has 1 saturated carbocycles. The molecule has 1 fully saturated rings. The van der Waals surface area contributed by atoms with Gasteiger partial charge < -0.3 is 14.7 Å². The molecule has 1 aliphatic rings. The Labute approximate surface area is 151 Å². The van der Waals surface area contributed by atoms with Crippen molar-refractivity contribution in [1.82, 2.24) is 4.90 Å². The Balaban J connectivity index is 1.82. The minimum Gasteiger partial charge on any atom is -0.494 e. The lowest BCUT2D eigenvalue weighted by Gasteiger charge is -2.31. The number of nitro groups is 1. The van der Waals surface area contributed by atoms with E-state index in [1.54, 1.807) is 0 Å². The number of nitrogens with zero attached hydrogens (tertiary/aromatic N) is 2. The largest absolute Gasteiger partial charge is 0.494 e. The molecule has 0 heterocycles. The Morgan fingerprint density at radius 3 is 2.62 bits per heavy atom. The van der Waals surface area contributed by atoms with Gasteiger partial charge in [-0.05, 0) is 25.3 Å². The molecule has 8 heteroatoms. The van der Waals surface area contributed by atoms with E-state index in [2.05, 4.69) is 0 Å². The molecule has 0 spiro atoms. The number of benzene rings is 1. The van der Waals surface area contributed by atoms with Crippen LogP contribution in [0.5, 0.6) is 5.75 Å². The predicted octanol–water partition coefficient (Wildman–Crippen LogP) is 3.24. The van der Waals surface area contributed by atoms with Crippen LogP contribution in [-0.2, 0) is 4.79 Å². The van der Waals surface area contributed by atoms with Gasteiger partial charge in [0.25, 0.3) is 5.69 Å². The number of carboxylic acids is 1. The van der Waals surface area contributed by atoms with Gasteiger partial charge in [0.15, 0.2) is 0 Å². The van der Waals surface area contributed by atoms with E-state index in [1.807, 2.05) is 11.9 Å². The molecule has 1 aromatic carbocycles. The van der Waals surface area contributed by atoms with Gasteiger partial charge in [-0.25, -0.2) is 4.79 Å². The topological polar surface area (TPSA) is 110 Å². The minimum atomic E-state index is -1.38. The number of ether oxygens (including phenoxy) is 1. The summed E-state index contributed by atoms with van der Waals surface area (Å²) < 4.78 is 5.45. The van der Waals surface area contributed by atoms with Crippen molar-refractivity contribution in [2.75, 3.05) is 13.7 Å². The van der Waals surface area contributed by atoms with Crippen LogP contribution in [0, 0.1) is 10.1 Å². The van der Waals surface area contributed by atoms with Crippen LogP contribution in [0.25, 0.3) is 0 Å². The monoisotopic (exact) mass is 364 g/mol. The maximum atomic E-state index is 12.2. The first-order chi connectivity index (χ1) is 12.4. The molecule has 0 atom stereocenters. The molecule has 1 aliphatic carbocycles. The zero-order chi connectivity index (χ0) is 19.1. The second-order valence-corrected chi connectivity index (χ2v) is 6.49. The second-order valence-electron chi connectivity index (χ2n) is 6.49. The third kappa shape index (κ3) is 5.18. The van der Waals surface area contributed by atoms with E-state index in [0.29, 0.717) is 18.9 Å². The third-order valence-electron chi connectivity index (χ3n) is 4.71. The molecule has 1 amide bonds. The summed E-state index contributed by atoms with van der Waals surface area (Å²) in [6.45, 7) is 0.237. The first-order valence-electron chi connectivity index (χ1n) is 8.80. The fraction of sp³-hybridized carbons (Fsp3) is 0.556. The van der Waals surface area contributed by atoms with Crippen molar-refractivity contribution in [3.63, 3.8) is 0 Å². The number of hydrogen-bond donors (Lipinski definition) is 1. The Hall–Kier alpha value is -2.64. The number of nitro benzene ring substituents is 1. The number of amides is 1. The van der Waals surface area contributed by atoms with Gasteiger partial charge >= 0.3 is 5.97 Å². The number of rotatable bonds is 8. The third-order valence-corrected chi connectivity index (χ3v) is 4.71. The van der Waals surface area contributed by atoms with Crippen molar-refractivity contribution >= 4 is 17.6 Å². The maximum absolute atomic E-state index is 12.2. The molecular weight excluding hydrogens is 340 g/mol. The molecule has 0 saturated heterocycles. The summed E-state index contributed by atoms with van der Waals surface area (Å²) in [7, 11) is 1.84. The summed E-state index contributed by atoms with van der Waals surface area (Å²) in [6, 6.07) is 3.93. The van der Waals surface area contributed by atoms with Crippen molar-refractivity contribution in [1.29, 1.82) is 0 Å². The predicted molar refractivity (Wildman–Crippen MR) is 94.4 cm³/mol. The maximum Gasteiger partial charge on any atom is 0.342 e. The van der Waals surface area contributed by atoms with Crippen LogP contribution < -0.4 is 4.74 Å². The average Bonchev–Trinajstić information content (AvgIpc) is 2.64. The number of carbonyl (C=O) groups is 2. The Morgan fingerprint density at radius 1 is 1.31 bits per heavy atom. The fourth-order valence-electron chi connectivity index (χ4n) is 3.20. The van der Waals surface area contributed by atoms with Crippen LogP contribution in [0.1, 0.15) is 55.3 Å². The summed E-state index contributed by atoms with van der Waals surface area (Å²) >= 11 is 0. The van der Waals surface area contributed by atoms with Crippen LogP contribution in [-0.4, -0.2) is 46.5 Å². The molecule has 2 rings (SSSR count). The van der Waals surface area contributed by atoms with Crippen LogP contribution in [0.4, 0.5) is 5.69 Å². The van der Waals surface area contributed by atoms with Crippen molar-refractivity contribution < 1.29 is 24.4 Å². The molecule has 0 radical (unpaired) electrons. The molecule has 0 bridgehead atoms. The highest BCUT2D eigenvalue weighted by molar-refractivity contribution is 5.92. The van der Waals surface area contributed by atoms with Gasteiger partial charge in [-0.1, -0.05) is 19.3 Å². The average molecular weight is 364 g/mol. The van der Waals surface area contributed by atoms with E-state index in [9.17, 15) is 19.7 Å². The zero-order valence-electron chi connectivity index (χ0n) is 14.8. The van der Waals surface area contributed by atoms with Gasteiger partial charge in [0.05, 0.1) is 11.5 Å². The first kappa shape index (κ1) is 19.7. The zero-order valence-corrected chi connectivity index (χ0v) is 14.8. The van der Waals surface area contributed by atoms with E-state index >= 15 is 0 Å². The number of hydrogen-bond acceptors (Lipinski definition) is 5. The van der Waals surface area contributed by atoms with Gasteiger partial charge in [0, 0.05) is 31.6 Å². The molecule has 0 aromatic heterocycles. The molecule has 1 N–H and O–H groups in total. The van der Waals surface area contributed by atoms with E-state index in [4.69, 9.17) is 9.84 Å². The van der Waals surface area contributed by atoms with Crippen molar-refractivity contribution in [3.05, 3.63) is 33.9 Å². The SMILES string of the molecule is CN(C(=O)CCCOc1ccc([N+](=O)[O-])c(C(=O)O)c1)C1CCCCC1. The van der Waals surface area contributed by atoms with E-state index in [0.717, 1.165) is 37.8 Å². The lowest BCUT2D eigenvalue weighted by molar-refractivity contribution is -0.385. The summed E-state index contributed by atoms with van der Waals surface area (Å²) in [4.78, 5) is 35.3. The highest BCUT2D eigenvalue weighted by atomic mass is 16.6. The van der Waals surface area contributed by atoms with Gasteiger partial charge in [-0.15, -0.1) is 0 Å². The molecule has 0 aliphatic heterocycles. The van der Waals surface area contributed by atoms with Crippen LogP contribution >= 0.6 is 0 Å². The van der Waals surface area contributed by atoms with Gasteiger partial charge in [0.2, 0.25) is 5.91 Å². The van der Waals surface area contributed by atoms with Crippen LogP contribution in [0.3, 0.4) is 0 Å². The molecular formula is C18H24N2O6. The summed E-state index contributed by atoms with van der Waals surface area (Å²) in [5.74, 6) is -1.07. The van der Waals surface area contributed by atoms with Crippen LogP contribution in [0.2, 0.25) is 0 Å². The van der Waals surface area contributed by atoms with E-state index in [1.165, 1.54) is 12.5 Å². The standard InChI is InChI=1S/C18H24N2O6/c1-19(13-6-3-2-4-7-13)17(21)8-5-11-26-14-9-10-16(20(24)25)15(12-14)18(22)23/h9-10,12-13H,2-8,11H2,1H3,(H,22,23). The quantitative estimate of drug-likeness (QED) is 0.431. The first-order valence-corrected chi connectivity index (χ1v) is 8.80. The Bertz CT molecular complexity index is 670. The Morgan fingerprint density at radius 2 is 2.00 bits per heavy atom. The van der Waals surface area contributed by atoms with Crippen molar-refractivity contribution in [2.45, 2.75) is 51.0 Å². The van der Waals surface area contributed by atoms with Gasteiger partial charge in [-0.2, -0.15) is 0 Å². The van der Waals surface area contributed by atoms with E-state index < -0.39 is 22.1 Å². The van der Waals surface area contributed by atoms with Gasteiger partial charge in [-0.3, -0.25) is 14.9 Å². The van der Waals surface area contributed by atoms with E-state index in [-0.39, 0.29) is 18.3 Å². The lowest BCUT2D eigenvalue weighted by Crippen LogP contribution is -2.38. The normalized spacial score (nSPS) is 14.7. The minimum absolute atomic E-state index is 0.0791. The molecule has 0 unspecified atom stereocenters. The number of aromatic carboxylic acids is 1. The van der Waals surface area contributed by atoms with Crippen LogP contribution in [0.15, 0.2) is 18.2 Å². The molecule has 8 nitrogen and oxygen atoms in total. The number of carboxylic acid groups (broad SMARTS) is 1. The summed E-state index contributed by atoms with van der Waals surface area (Å²) in [5, 5.41) is 19.9. The molecule has 1 aromatic rings. The van der Waals surface area contributed by atoms with Crippen molar-refractivity contribution in [3.8, 4) is 5.75 Å². The fourth-order valence-corrected chi connectivity index (χ4v) is 3.20. The summed E-state index contributed by atoms with van der Waals surface area (Å²) in [5.41, 5.74) is -0.894. The van der Waals surface area contributed by atoms with Gasteiger partial charge in [0.1, 0.15) is 11.3 Å². The number of carbonyl (C=O) groups excluding carboxylic acids is 1. The highest BCUT2D eigenvalue weighted by Crippen LogP contribution is 2.25. The molecule has 142 valence electrons.